The summed E-state index contributed by atoms with van der Waals surface area (Å²) in [5.74, 6) is 0.293. The highest BCUT2D eigenvalue weighted by atomic mass is 79.9. The SMILES string of the molecule is CCC(CC)C(O)c1ncccc1Br. The van der Waals surface area contributed by atoms with Crippen molar-refractivity contribution in [3.8, 4) is 0 Å². The van der Waals surface area contributed by atoms with Gasteiger partial charge in [-0.2, -0.15) is 0 Å². The van der Waals surface area contributed by atoms with E-state index in [1.807, 2.05) is 12.1 Å². The Balaban J connectivity index is 2.88. The number of aromatic nitrogens is 1. The van der Waals surface area contributed by atoms with Crippen molar-refractivity contribution < 1.29 is 5.11 Å². The predicted octanol–water partition coefficient (Wildman–Crippen LogP) is 3.31. The molecule has 0 fully saturated rings. The average Bonchev–Trinajstić information content (AvgIpc) is 2.20. The quantitative estimate of drug-likeness (QED) is 0.898. The number of hydrogen-bond donors (Lipinski definition) is 1. The summed E-state index contributed by atoms with van der Waals surface area (Å²) in [4.78, 5) is 4.20. The summed E-state index contributed by atoms with van der Waals surface area (Å²) >= 11 is 3.40. The third-order valence-electron chi connectivity index (χ3n) is 2.56. The minimum atomic E-state index is -0.458. The Morgan fingerprint density at radius 2 is 2.07 bits per heavy atom. The van der Waals surface area contributed by atoms with E-state index < -0.39 is 6.10 Å². The van der Waals surface area contributed by atoms with E-state index in [2.05, 4.69) is 34.8 Å². The lowest BCUT2D eigenvalue weighted by Crippen LogP contribution is -2.12. The lowest BCUT2D eigenvalue weighted by molar-refractivity contribution is 0.0984. The van der Waals surface area contributed by atoms with E-state index in [1.54, 1.807) is 6.20 Å². The zero-order valence-corrected chi connectivity index (χ0v) is 10.2. The Morgan fingerprint density at radius 1 is 1.43 bits per heavy atom. The Hall–Kier alpha value is -0.410. The van der Waals surface area contributed by atoms with E-state index in [0.717, 1.165) is 23.0 Å². The van der Waals surface area contributed by atoms with Gasteiger partial charge in [-0.05, 0) is 34.0 Å². The summed E-state index contributed by atoms with van der Waals surface area (Å²) in [6.07, 6.45) is 3.20. The second-order valence-corrected chi connectivity index (χ2v) is 4.25. The van der Waals surface area contributed by atoms with Crippen molar-refractivity contribution in [2.24, 2.45) is 5.92 Å². The molecule has 1 unspecified atom stereocenters. The highest BCUT2D eigenvalue weighted by Gasteiger charge is 2.20. The first-order valence-corrected chi connectivity index (χ1v) is 5.78. The van der Waals surface area contributed by atoms with Crippen LogP contribution in [0.5, 0.6) is 0 Å². The Morgan fingerprint density at radius 3 is 2.57 bits per heavy atom. The van der Waals surface area contributed by atoms with Crippen LogP contribution in [0, 0.1) is 5.92 Å². The molecule has 2 nitrogen and oxygen atoms in total. The molecule has 0 radical (unpaired) electrons. The van der Waals surface area contributed by atoms with E-state index in [0.29, 0.717) is 5.92 Å². The van der Waals surface area contributed by atoms with Crippen molar-refractivity contribution in [2.75, 3.05) is 0 Å². The molecule has 0 amide bonds. The van der Waals surface area contributed by atoms with Crippen molar-refractivity contribution in [2.45, 2.75) is 32.8 Å². The largest absolute Gasteiger partial charge is 0.386 e. The van der Waals surface area contributed by atoms with Gasteiger partial charge in [-0.15, -0.1) is 0 Å². The molecule has 0 aliphatic carbocycles. The van der Waals surface area contributed by atoms with Gasteiger partial charge in [0.2, 0.25) is 0 Å². The van der Waals surface area contributed by atoms with E-state index in [-0.39, 0.29) is 0 Å². The van der Waals surface area contributed by atoms with Crippen LogP contribution in [0.15, 0.2) is 22.8 Å². The maximum atomic E-state index is 10.1. The van der Waals surface area contributed by atoms with Crippen LogP contribution in [0.25, 0.3) is 0 Å². The zero-order chi connectivity index (χ0) is 10.6. The summed E-state index contributed by atoms with van der Waals surface area (Å²) in [6.45, 7) is 4.18. The van der Waals surface area contributed by atoms with Crippen molar-refractivity contribution in [1.29, 1.82) is 0 Å². The average molecular weight is 258 g/mol. The number of hydrogen-bond acceptors (Lipinski definition) is 2. The predicted molar refractivity (Wildman–Crippen MR) is 61.0 cm³/mol. The van der Waals surface area contributed by atoms with Crippen LogP contribution in [0.2, 0.25) is 0 Å². The minimum Gasteiger partial charge on any atom is -0.386 e. The normalized spacial score (nSPS) is 13.2. The van der Waals surface area contributed by atoms with Gasteiger partial charge >= 0.3 is 0 Å². The molecular formula is C11H16BrNO. The first-order chi connectivity index (χ1) is 6.70. The third kappa shape index (κ3) is 2.55. The minimum absolute atomic E-state index is 0.293. The molecule has 1 N–H and O–H groups in total. The van der Waals surface area contributed by atoms with Crippen LogP contribution in [0.4, 0.5) is 0 Å². The summed E-state index contributed by atoms with van der Waals surface area (Å²) in [7, 11) is 0. The standard InChI is InChI=1S/C11H16BrNO/c1-3-8(4-2)11(14)10-9(12)6-5-7-13-10/h5-8,11,14H,3-4H2,1-2H3. The number of rotatable bonds is 4. The monoisotopic (exact) mass is 257 g/mol. The van der Waals surface area contributed by atoms with Gasteiger partial charge < -0.3 is 5.11 Å². The zero-order valence-electron chi connectivity index (χ0n) is 8.57. The molecule has 1 atom stereocenters. The number of pyridine rings is 1. The molecule has 78 valence electrons. The van der Waals surface area contributed by atoms with E-state index in [9.17, 15) is 5.11 Å². The van der Waals surface area contributed by atoms with Crippen LogP contribution in [-0.4, -0.2) is 10.1 Å². The van der Waals surface area contributed by atoms with Crippen molar-refractivity contribution >= 4 is 15.9 Å². The Kier molecular flexibility index (Phi) is 4.55. The van der Waals surface area contributed by atoms with Gasteiger partial charge in [0.25, 0.3) is 0 Å². The van der Waals surface area contributed by atoms with Gasteiger partial charge in [0.1, 0.15) is 0 Å². The second kappa shape index (κ2) is 5.47. The molecule has 1 rings (SSSR count). The van der Waals surface area contributed by atoms with Gasteiger partial charge in [0.05, 0.1) is 11.8 Å². The second-order valence-electron chi connectivity index (χ2n) is 3.39. The molecule has 1 aromatic heterocycles. The maximum Gasteiger partial charge on any atom is 0.0999 e. The highest BCUT2D eigenvalue weighted by molar-refractivity contribution is 9.10. The molecule has 0 aromatic carbocycles. The molecule has 3 heteroatoms. The van der Waals surface area contributed by atoms with Crippen molar-refractivity contribution in [1.82, 2.24) is 4.98 Å². The van der Waals surface area contributed by atoms with E-state index in [4.69, 9.17) is 0 Å². The van der Waals surface area contributed by atoms with Crippen LogP contribution in [0.3, 0.4) is 0 Å². The smallest absolute Gasteiger partial charge is 0.0999 e. The van der Waals surface area contributed by atoms with Gasteiger partial charge in [0, 0.05) is 10.7 Å². The fourth-order valence-corrected chi connectivity index (χ4v) is 2.06. The van der Waals surface area contributed by atoms with Crippen LogP contribution < -0.4 is 0 Å². The molecule has 0 aliphatic rings. The van der Waals surface area contributed by atoms with Crippen molar-refractivity contribution in [3.63, 3.8) is 0 Å². The van der Waals surface area contributed by atoms with Gasteiger partial charge in [-0.1, -0.05) is 26.7 Å². The lowest BCUT2D eigenvalue weighted by Gasteiger charge is -2.20. The molecule has 0 aliphatic heterocycles. The van der Waals surface area contributed by atoms with E-state index in [1.165, 1.54) is 0 Å². The maximum absolute atomic E-state index is 10.1. The molecule has 0 bridgehead atoms. The van der Waals surface area contributed by atoms with E-state index >= 15 is 0 Å². The molecule has 1 heterocycles. The summed E-state index contributed by atoms with van der Waals surface area (Å²) in [6, 6.07) is 3.77. The number of nitrogens with zero attached hydrogens (tertiary/aromatic N) is 1. The van der Waals surface area contributed by atoms with Crippen LogP contribution in [-0.2, 0) is 0 Å². The molecule has 0 saturated heterocycles. The number of aliphatic hydroxyl groups is 1. The Labute approximate surface area is 93.5 Å². The summed E-state index contributed by atoms with van der Waals surface area (Å²) in [5, 5.41) is 10.1. The van der Waals surface area contributed by atoms with Gasteiger partial charge in [-0.25, -0.2) is 0 Å². The summed E-state index contributed by atoms with van der Waals surface area (Å²) < 4.78 is 0.888. The van der Waals surface area contributed by atoms with Crippen LogP contribution in [0.1, 0.15) is 38.5 Å². The van der Waals surface area contributed by atoms with Gasteiger partial charge in [0.15, 0.2) is 0 Å². The summed E-state index contributed by atoms with van der Waals surface area (Å²) in [5.41, 5.74) is 0.751. The molecule has 0 spiro atoms. The fourth-order valence-electron chi connectivity index (χ4n) is 1.57. The molecule has 1 aromatic rings. The molecule has 0 saturated carbocycles. The number of aliphatic hydroxyl groups excluding tert-OH is 1. The Bertz CT molecular complexity index is 286. The van der Waals surface area contributed by atoms with Crippen molar-refractivity contribution in [3.05, 3.63) is 28.5 Å². The fraction of sp³-hybridized carbons (Fsp3) is 0.545. The molecular weight excluding hydrogens is 242 g/mol. The first-order valence-electron chi connectivity index (χ1n) is 4.99. The highest BCUT2D eigenvalue weighted by Crippen LogP contribution is 2.29. The van der Waals surface area contributed by atoms with Crippen LogP contribution >= 0.6 is 15.9 Å². The molecule has 14 heavy (non-hydrogen) atoms. The third-order valence-corrected chi connectivity index (χ3v) is 3.23. The number of halogens is 1. The first kappa shape index (κ1) is 11.7. The van der Waals surface area contributed by atoms with Gasteiger partial charge in [-0.3, -0.25) is 4.98 Å². The lowest BCUT2D eigenvalue weighted by atomic mass is 9.94. The topological polar surface area (TPSA) is 33.1 Å².